The number of fused-ring (bicyclic) bond motifs is 1. The Kier molecular flexibility index (Phi) is 4.40. The summed E-state index contributed by atoms with van der Waals surface area (Å²) in [6.45, 7) is 4.86. The van der Waals surface area contributed by atoms with Crippen LogP contribution in [0.15, 0.2) is 18.2 Å². The van der Waals surface area contributed by atoms with E-state index in [2.05, 4.69) is 4.98 Å². The summed E-state index contributed by atoms with van der Waals surface area (Å²) < 4.78 is 7.50. The van der Waals surface area contributed by atoms with Crippen molar-refractivity contribution in [2.75, 3.05) is 32.8 Å². The van der Waals surface area contributed by atoms with E-state index in [1.807, 2.05) is 46.5 Å². The molecular formula is C19H24N4O3. The van der Waals surface area contributed by atoms with E-state index >= 15 is 0 Å². The summed E-state index contributed by atoms with van der Waals surface area (Å²) in [4.78, 5) is 33.4. The Morgan fingerprint density at radius 3 is 2.58 bits per heavy atom. The second-order valence-corrected chi connectivity index (χ2v) is 7.04. The molecule has 2 aliphatic rings. The highest BCUT2D eigenvalue weighted by Gasteiger charge is 2.31. The van der Waals surface area contributed by atoms with Crippen molar-refractivity contribution in [3.8, 4) is 0 Å². The van der Waals surface area contributed by atoms with Crippen LogP contribution in [-0.4, -0.2) is 70.1 Å². The molecule has 0 saturated carbocycles. The van der Waals surface area contributed by atoms with Gasteiger partial charge < -0.3 is 19.1 Å². The highest BCUT2D eigenvalue weighted by molar-refractivity contribution is 5.97. The summed E-state index contributed by atoms with van der Waals surface area (Å²) in [7, 11) is 1.97. The lowest BCUT2D eigenvalue weighted by Crippen LogP contribution is -2.52. The number of hydrogen-bond donors (Lipinski definition) is 0. The minimum Gasteiger partial charge on any atom is -0.368 e. The molecule has 0 N–H and O–H groups in total. The molecule has 1 unspecified atom stereocenters. The predicted molar refractivity (Wildman–Crippen MR) is 96.9 cm³/mol. The van der Waals surface area contributed by atoms with E-state index < -0.39 is 0 Å². The molecule has 26 heavy (non-hydrogen) atoms. The third-order valence-corrected chi connectivity index (χ3v) is 5.44. The smallest absolute Gasteiger partial charge is 0.254 e. The van der Waals surface area contributed by atoms with E-state index in [9.17, 15) is 9.59 Å². The van der Waals surface area contributed by atoms with Crippen molar-refractivity contribution in [2.24, 2.45) is 7.05 Å². The topological polar surface area (TPSA) is 67.7 Å². The Morgan fingerprint density at radius 1 is 1.15 bits per heavy atom. The molecule has 2 saturated heterocycles. The first kappa shape index (κ1) is 17.0. The van der Waals surface area contributed by atoms with E-state index in [1.165, 1.54) is 0 Å². The number of imidazole rings is 1. The van der Waals surface area contributed by atoms with Crippen molar-refractivity contribution in [3.05, 3.63) is 29.6 Å². The summed E-state index contributed by atoms with van der Waals surface area (Å²) in [6, 6.07) is 5.66. The number of benzene rings is 1. The number of carbonyl (C=O) groups excluding carboxylic acids is 2. The van der Waals surface area contributed by atoms with Gasteiger partial charge in [-0.25, -0.2) is 4.98 Å². The molecule has 0 radical (unpaired) electrons. The molecule has 7 heteroatoms. The molecule has 2 aromatic rings. The second kappa shape index (κ2) is 6.72. The first-order valence-electron chi connectivity index (χ1n) is 9.17. The highest BCUT2D eigenvalue weighted by atomic mass is 16.5. The zero-order valence-electron chi connectivity index (χ0n) is 15.3. The molecule has 2 aliphatic heterocycles. The summed E-state index contributed by atoms with van der Waals surface area (Å²) in [5.74, 6) is 0.991. The van der Waals surface area contributed by atoms with Gasteiger partial charge in [-0.15, -0.1) is 0 Å². The van der Waals surface area contributed by atoms with E-state index in [-0.39, 0.29) is 17.9 Å². The molecule has 1 aromatic carbocycles. The Hall–Kier alpha value is -2.41. The van der Waals surface area contributed by atoms with E-state index in [0.717, 1.165) is 29.7 Å². The fraction of sp³-hybridized carbons (Fsp3) is 0.526. The van der Waals surface area contributed by atoms with Crippen LogP contribution in [0.3, 0.4) is 0 Å². The first-order valence-corrected chi connectivity index (χ1v) is 9.17. The Labute approximate surface area is 152 Å². The van der Waals surface area contributed by atoms with Crippen molar-refractivity contribution < 1.29 is 14.3 Å². The molecule has 138 valence electrons. The summed E-state index contributed by atoms with van der Waals surface area (Å²) >= 11 is 0. The Bertz CT molecular complexity index is 846. The summed E-state index contributed by atoms with van der Waals surface area (Å²) in [6.07, 6.45) is 1.47. The van der Waals surface area contributed by atoms with E-state index in [4.69, 9.17) is 4.74 Å². The molecule has 3 heterocycles. The van der Waals surface area contributed by atoms with Crippen LogP contribution in [0.1, 0.15) is 29.0 Å². The van der Waals surface area contributed by atoms with Gasteiger partial charge in [0.2, 0.25) is 0 Å². The second-order valence-electron chi connectivity index (χ2n) is 7.04. The van der Waals surface area contributed by atoms with Gasteiger partial charge in [0.05, 0.1) is 11.0 Å². The zero-order valence-corrected chi connectivity index (χ0v) is 15.3. The zero-order chi connectivity index (χ0) is 18.3. The standard InChI is InChI=1S/C19H24N4O3/c1-13-20-15-12-14(5-6-16(15)21(13)2)18(24)22-7-9-23(10-8-22)19(25)17-4-3-11-26-17/h5-6,12,17H,3-4,7-11H2,1-2H3. The van der Waals surface area contributed by atoms with Gasteiger partial charge in [0.25, 0.3) is 11.8 Å². The molecule has 0 spiro atoms. The lowest BCUT2D eigenvalue weighted by molar-refractivity contribution is -0.142. The lowest BCUT2D eigenvalue weighted by atomic mass is 10.1. The average molecular weight is 356 g/mol. The number of aromatic nitrogens is 2. The summed E-state index contributed by atoms with van der Waals surface area (Å²) in [5, 5.41) is 0. The van der Waals surface area contributed by atoms with Gasteiger partial charge in [-0.1, -0.05) is 0 Å². The van der Waals surface area contributed by atoms with Gasteiger partial charge in [0.1, 0.15) is 11.9 Å². The number of aryl methyl sites for hydroxylation is 2. The fourth-order valence-corrected chi connectivity index (χ4v) is 3.74. The van der Waals surface area contributed by atoms with E-state index in [1.54, 1.807) is 0 Å². The normalized spacial score (nSPS) is 20.8. The number of carbonyl (C=O) groups is 2. The number of hydrogen-bond acceptors (Lipinski definition) is 4. The molecule has 1 atom stereocenters. The molecule has 2 fully saturated rings. The van der Waals surface area contributed by atoms with Crippen LogP contribution in [0.2, 0.25) is 0 Å². The highest BCUT2D eigenvalue weighted by Crippen LogP contribution is 2.19. The molecule has 1 aromatic heterocycles. The van der Waals surface area contributed by atoms with Crippen molar-refractivity contribution >= 4 is 22.8 Å². The fourth-order valence-electron chi connectivity index (χ4n) is 3.74. The van der Waals surface area contributed by atoms with Crippen LogP contribution in [0.4, 0.5) is 0 Å². The van der Waals surface area contributed by atoms with Crippen molar-refractivity contribution in [1.82, 2.24) is 19.4 Å². The first-order chi connectivity index (χ1) is 12.5. The van der Waals surface area contributed by atoms with Gasteiger partial charge in [-0.3, -0.25) is 9.59 Å². The largest absolute Gasteiger partial charge is 0.368 e. The minimum atomic E-state index is -0.285. The number of nitrogens with zero attached hydrogens (tertiary/aromatic N) is 4. The lowest BCUT2D eigenvalue weighted by Gasteiger charge is -2.35. The monoisotopic (exact) mass is 356 g/mol. The third-order valence-electron chi connectivity index (χ3n) is 5.44. The maximum absolute atomic E-state index is 12.8. The molecule has 0 bridgehead atoms. The van der Waals surface area contributed by atoms with Gasteiger partial charge >= 0.3 is 0 Å². The SMILES string of the molecule is Cc1nc2cc(C(=O)N3CCN(C(=O)C4CCCO4)CC3)ccc2n1C. The van der Waals surface area contributed by atoms with Crippen molar-refractivity contribution in [1.29, 1.82) is 0 Å². The van der Waals surface area contributed by atoms with Crippen LogP contribution >= 0.6 is 0 Å². The van der Waals surface area contributed by atoms with Gasteiger partial charge in [-0.2, -0.15) is 0 Å². The van der Waals surface area contributed by atoms with Crippen LogP contribution in [0.25, 0.3) is 11.0 Å². The molecular weight excluding hydrogens is 332 g/mol. The van der Waals surface area contributed by atoms with Gasteiger partial charge in [-0.05, 0) is 38.0 Å². The quantitative estimate of drug-likeness (QED) is 0.815. The maximum atomic E-state index is 12.8. The van der Waals surface area contributed by atoms with Gasteiger partial charge in [0.15, 0.2) is 0 Å². The molecule has 2 amide bonds. The van der Waals surface area contributed by atoms with Crippen LogP contribution in [0, 0.1) is 6.92 Å². The average Bonchev–Trinajstić information content (AvgIpc) is 3.29. The Balaban J connectivity index is 1.42. The molecule has 0 aliphatic carbocycles. The molecule has 7 nitrogen and oxygen atoms in total. The van der Waals surface area contributed by atoms with Crippen molar-refractivity contribution in [2.45, 2.75) is 25.9 Å². The number of ether oxygens (including phenoxy) is 1. The third kappa shape index (κ3) is 2.96. The van der Waals surface area contributed by atoms with Crippen LogP contribution in [-0.2, 0) is 16.6 Å². The number of rotatable bonds is 2. The summed E-state index contributed by atoms with van der Waals surface area (Å²) in [5.41, 5.74) is 2.50. The minimum absolute atomic E-state index is 0.000536. The van der Waals surface area contributed by atoms with Crippen LogP contribution < -0.4 is 0 Å². The molecule has 4 rings (SSSR count). The van der Waals surface area contributed by atoms with Gasteiger partial charge in [0, 0.05) is 45.4 Å². The van der Waals surface area contributed by atoms with Crippen LogP contribution in [0.5, 0.6) is 0 Å². The van der Waals surface area contributed by atoms with E-state index in [0.29, 0.717) is 38.3 Å². The predicted octanol–water partition coefficient (Wildman–Crippen LogP) is 1.35. The van der Waals surface area contributed by atoms with Crippen molar-refractivity contribution in [3.63, 3.8) is 0 Å². The maximum Gasteiger partial charge on any atom is 0.254 e. The Morgan fingerprint density at radius 2 is 1.88 bits per heavy atom. The number of piperazine rings is 1. The number of amides is 2.